The maximum Gasteiger partial charge on any atom is 0.223 e. The minimum absolute atomic E-state index is 0.132. The molecule has 1 aliphatic rings. The van der Waals surface area contributed by atoms with Crippen molar-refractivity contribution in [3.05, 3.63) is 11.7 Å². The van der Waals surface area contributed by atoms with E-state index in [2.05, 4.69) is 15.5 Å². The summed E-state index contributed by atoms with van der Waals surface area (Å²) in [6.45, 7) is 2.53. The molecule has 0 unspecified atom stereocenters. The lowest BCUT2D eigenvalue weighted by molar-refractivity contribution is 0.118. The van der Waals surface area contributed by atoms with Gasteiger partial charge in [-0.1, -0.05) is 24.4 Å². The van der Waals surface area contributed by atoms with Crippen LogP contribution < -0.4 is 5.32 Å². The molecule has 5 nitrogen and oxygen atoms in total. The molecule has 16 heavy (non-hydrogen) atoms. The van der Waals surface area contributed by atoms with Crippen LogP contribution in [0.3, 0.4) is 0 Å². The van der Waals surface area contributed by atoms with Crippen molar-refractivity contribution in [2.75, 3.05) is 6.61 Å². The van der Waals surface area contributed by atoms with E-state index in [-0.39, 0.29) is 12.1 Å². The van der Waals surface area contributed by atoms with Crippen LogP contribution in [0.25, 0.3) is 0 Å². The van der Waals surface area contributed by atoms with Gasteiger partial charge >= 0.3 is 0 Å². The maximum atomic E-state index is 9.50. The number of aliphatic hydroxyl groups excluding tert-OH is 1. The predicted molar refractivity (Wildman–Crippen MR) is 58.8 cm³/mol. The highest BCUT2D eigenvalue weighted by Gasteiger charge is 2.30. The molecular weight excluding hydrogens is 206 g/mol. The number of aryl methyl sites for hydroxylation is 1. The fourth-order valence-corrected chi connectivity index (χ4v) is 2.30. The molecule has 0 amide bonds. The van der Waals surface area contributed by atoms with Crippen molar-refractivity contribution >= 4 is 0 Å². The Morgan fingerprint density at radius 3 is 2.69 bits per heavy atom. The summed E-state index contributed by atoms with van der Waals surface area (Å²) in [4.78, 5) is 4.14. The first-order valence-electron chi connectivity index (χ1n) is 5.89. The molecule has 0 aliphatic heterocycles. The van der Waals surface area contributed by atoms with Crippen molar-refractivity contribution in [2.45, 2.75) is 51.1 Å². The normalized spacial score (nSPS) is 19.9. The van der Waals surface area contributed by atoms with Gasteiger partial charge in [0.05, 0.1) is 13.2 Å². The molecule has 1 aliphatic carbocycles. The number of nitrogens with one attached hydrogen (secondary N) is 1. The molecule has 1 aromatic rings. The van der Waals surface area contributed by atoms with Gasteiger partial charge in [0.1, 0.15) is 0 Å². The molecular formula is C11H19N3O2. The molecule has 1 aromatic heterocycles. The van der Waals surface area contributed by atoms with E-state index in [4.69, 9.17) is 4.52 Å². The zero-order chi connectivity index (χ0) is 11.4. The summed E-state index contributed by atoms with van der Waals surface area (Å²) in [5.74, 6) is 1.24. The number of hydrogen-bond donors (Lipinski definition) is 2. The summed E-state index contributed by atoms with van der Waals surface area (Å²) in [6, 6.07) is 0. The molecule has 0 radical (unpaired) electrons. The fraction of sp³-hybridized carbons (Fsp3) is 0.818. The zero-order valence-corrected chi connectivity index (χ0v) is 9.70. The van der Waals surface area contributed by atoms with Crippen LogP contribution in [0.4, 0.5) is 0 Å². The Morgan fingerprint density at radius 2 is 2.12 bits per heavy atom. The maximum absolute atomic E-state index is 9.50. The summed E-state index contributed by atoms with van der Waals surface area (Å²) >= 11 is 0. The van der Waals surface area contributed by atoms with Crippen LogP contribution in [0.5, 0.6) is 0 Å². The van der Waals surface area contributed by atoms with Gasteiger partial charge in [-0.25, -0.2) is 0 Å². The van der Waals surface area contributed by atoms with Crippen molar-refractivity contribution < 1.29 is 9.63 Å². The van der Waals surface area contributed by atoms with Crippen LogP contribution in [0, 0.1) is 6.92 Å². The van der Waals surface area contributed by atoms with E-state index in [1.807, 2.05) is 0 Å². The van der Waals surface area contributed by atoms with Crippen LogP contribution in [-0.4, -0.2) is 27.4 Å². The molecule has 0 aromatic carbocycles. The summed E-state index contributed by atoms with van der Waals surface area (Å²) in [5, 5.41) is 16.7. The first-order valence-corrected chi connectivity index (χ1v) is 5.89. The summed E-state index contributed by atoms with van der Waals surface area (Å²) in [5.41, 5.74) is -0.132. The minimum atomic E-state index is -0.132. The number of nitrogens with zero attached hydrogens (tertiary/aromatic N) is 2. The Labute approximate surface area is 95.2 Å². The third-order valence-electron chi connectivity index (χ3n) is 3.30. The SMILES string of the molecule is Cc1nc(CNC2(CO)CCCCC2)no1. The lowest BCUT2D eigenvalue weighted by Crippen LogP contribution is -2.49. The van der Waals surface area contributed by atoms with E-state index in [1.54, 1.807) is 6.92 Å². The van der Waals surface area contributed by atoms with E-state index < -0.39 is 0 Å². The van der Waals surface area contributed by atoms with Crippen molar-refractivity contribution in [2.24, 2.45) is 0 Å². The molecule has 0 atom stereocenters. The summed E-state index contributed by atoms with van der Waals surface area (Å²) in [6.07, 6.45) is 5.68. The summed E-state index contributed by atoms with van der Waals surface area (Å²) in [7, 11) is 0. The smallest absolute Gasteiger partial charge is 0.223 e. The molecule has 1 saturated carbocycles. The Bertz CT molecular complexity index is 332. The number of rotatable bonds is 4. The third kappa shape index (κ3) is 2.59. The number of aliphatic hydroxyl groups is 1. The minimum Gasteiger partial charge on any atom is -0.394 e. The van der Waals surface area contributed by atoms with Gasteiger partial charge in [0.2, 0.25) is 5.89 Å². The van der Waals surface area contributed by atoms with Crippen LogP contribution in [0.1, 0.15) is 43.8 Å². The van der Waals surface area contributed by atoms with Gasteiger partial charge < -0.3 is 14.9 Å². The van der Waals surface area contributed by atoms with Crippen molar-refractivity contribution in [3.63, 3.8) is 0 Å². The Balaban J connectivity index is 1.91. The van der Waals surface area contributed by atoms with E-state index in [9.17, 15) is 5.11 Å². The van der Waals surface area contributed by atoms with Gasteiger partial charge in [0.15, 0.2) is 5.82 Å². The molecule has 0 saturated heterocycles. The Hall–Kier alpha value is -0.940. The quantitative estimate of drug-likeness (QED) is 0.804. The van der Waals surface area contributed by atoms with E-state index in [1.165, 1.54) is 19.3 Å². The number of hydrogen-bond acceptors (Lipinski definition) is 5. The molecule has 0 bridgehead atoms. The Kier molecular flexibility index (Phi) is 3.56. The second kappa shape index (κ2) is 4.93. The zero-order valence-electron chi connectivity index (χ0n) is 9.70. The summed E-state index contributed by atoms with van der Waals surface area (Å²) < 4.78 is 4.91. The molecule has 1 fully saturated rings. The number of aromatic nitrogens is 2. The van der Waals surface area contributed by atoms with Crippen molar-refractivity contribution in [1.82, 2.24) is 15.5 Å². The molecule has 2 N–H and O–H groups in total. The average Bonchev–Trinajstić information content (AvgIpc) is 2.74. The molecule has 1 heterocycles. The van der Waals surface area contributed by atoms with Gasteiger partial charge in [-0.2, -0.15) is 4.98 Å². The molecule has 90 valence electrons. The van der Waals surface area contributed by atoms with Crippen LogP contribution in [-0.2, 0) is 6.54 Å². The van der Waals surface area contributed by atoms with E-state index in [0.29, 0.717) is 18.3 Å². The van der Waals surface area contributed by atoms with Gasteiger partial charge in [0, 0.05) is 12.5 Å². The average molecular weight is 225 g/mol. The standard InChI is InChI=1S/C11H19N3O2/c1-9-13-10(14-16-9)7-12-11(8-15)5-3-2-4-6-11/h12,15H,2-8H2,1H3. The van der Waals surface area contributed by atoms with Crippen LogP contribution in [0.15, 0.2) is 4.52 Å². The van der Waals surface area contributed by atoms with Gasteiger partial charge in [-0.3, -0.25) is 0 Å². The second-order valence-electron chi connectivity index (χ2n) is 4.58. The van der Waals surface area contributed by atoms with E-state index >= 15 is 0 Å². The van der Waals surface area contributed by atoms with Gasteiger partial charge in [-0.15, -0.1) is 0 Å². The first kappa shape index (κ1) is 11.5. The van der Waals surface area contributed by atoms with Crippen molar-refractivity contribution in [1.29, 1.82) is 0 Å². The first-order chi connectivity index (χ1) is 7.74. The molecule has 2 rings (SSSR count). The monoisotopic (exact) mass is 225 g/mol. The highest BCUT2D eigenvalue weighted by molar-refractivity contribution is 4.93. The van der Waals surface area contributed by atoms with Crippen LogP contribution >= 0.6 is 0 Å². The fourth-order valence-electron chi connectivity index (χ4n) is 2.30. The predicted octanol–water partition coefficient (Wildman–Crippen LogP) is 1.16. The van der Waals surface area contributed by atoms with E-state index in [0.717, 1.165) is 12.8 Å². The highest BCUT2D eigenvalue weighted by atomic mass is 16.5. The van der Waals surface area contributed by atoms with Crippen LogP contribution in [0.2, 0.25) is 0 Å². The van der Waals surface area contributed by atoms with Gasteiger partial charge in [0.25, 0.3) is 0 Å². The Morgan fingerprint density at radius 1 is 1.38 bits per heavy atom. The second-order valence-corrected chi connectivity index (χ2v) is 4.58. The topological polar surface area (TPSA) is 71.2 Å². The lowest BCUT2D eigenvalue weighted by Gasteiger charge is -2.36. The highest BCUT2D eigenvalue weighted by Crippen LogP contribution is 2.27. The largest absolute Gasteiger partial charge is 0.394 e. The van der Waals surface area contributed by atoms with Gasteiger partial charge in [-0.05, 0) is 12.8 Å². The lowest BCUT2D eigenvalue weighted by atomic mass is 9.82. The molecule has 5 heteroatoms. The van der Waals surface area contributed by atoms with Crippen molar-refractivity contribution in [3.8, 4) is 0 Å². The third-order valence-corrected chi connectivity index (χ3v) is 3.30. The molecule has 0 spiro atoms.